The molecule has 1 aliphatic heterocycles. The maximum atomic E-state index is 13.5. The third kappa shape index (κ3) is 3.06. The summed E-state index contributed by atoms with van der Waals surface area (Å²) in [6.07, 6.45) is 0.200. The molecule has 0 saturated heterocycles. The average molecular weight is 457 g/mol. The summed E-state index contributed by atoms with van der Waals surface area (Å²) in [5.41, 5.74) is 2.98. The molecule has 0 unspecified atom stereocenters. The number of methoxy groups -OCH3 is 1. The molecule has 34 heavy (non-hydrogen) atoms. The number of ether oxygens (including phenoxy) is 2. The number of fused-ring (bicyclic) bond motifs is 4. The van der Waals surface area contributed by atoms with Gasteiger partial charge in [0.15, 0.2) is 0 Å². The summed E-state index contributed by atoms with van der Waals surface area (Å²) < 4.78 is 13.6. The van der Waals surface area contributed by atoms with E-state index in [9.17, 15) is 14.4 Å². The first kappa shape index (κ1) is 21.6. The monoisotopic (exact) mass is 457 g/mol. The Morgan fingerprint density at radius 1 is 1.00 bits per heavy atom. The second-order valence-corrected chi connectivity index (χ2v) is 8.23. The van der Waals surface area contributed by atoms with Gasteiger partial charge in [-0.15, -0.1) is 0 Å². The first-order chi connectivity index (χ1) is 16.4. The van der Waals surface area contributed by atoms with Crippen LogP contribution >= 0.6 is 0 Å². The summed E-state index contributed by atoms with van der Waals surface area (Å²) >= 11 is 0. The molecule has 0 bridgehead atoms. The molecule has 1 aliphatic carbocycles. The minimum absolute atomic E-state index is 0.200. The molecule has 172 valence electrons. The van der Waals surface area contributed by atoms with Gasteiger partial charge >= 0.3 is 11.7 Å². The molecule has 8 heteroatoms. The van der Waals surface area contributed by atoms with Crippen molar-refractivity contribution >= 4 is 23.3 Å². The molecule has 0 amide bonds. The molecule has 1 aromatic heterocycles. The van der Waals surface area contributed by atoms with Crippen molar-refractivity contribution in [2.45, 2.75) is 19.3 Å². The number of allylic oxidation sites excluding steroid dienone is 1. The lowest BCUT2D eigenvalue weighted by Gasteiger charge is -2.27. The van der Waals surface area contributed by atoms with Crippen LogP contribution in [0, 0.1) is 0 Å². The first-order valence-corrected chi connectivity index (χ1v) is 10.9. The van der Waals surface area contributed by atoms with Gasteiger partial charge < -0.3 is 9.47 Å². The van der Waals surface area contributed by atoms with Crippen LogP contribution in [-0.4, -0.2) is 27.9 Å². The normalized spacial score (nSPS) is 15.9. The minimum atomic E-state index is -0.606. The van der Waals surface area contributed by atoms with Crippen LogP contribution in [0.25, 0.3) is 5.76 Å². The zero-order valence-corrected chi connectivity index (χ0v) is 19.3. The third-order valence-electron chi connectivity index (χ3n) is 6.34. The van der Waals surface area contributed by atoms with Gasteiger partial charge in [-0.1, -0.05) is 43.3 Å². The van der Waals surface area contributed by atoms with E-state index in [1.54, 1.807) is 21.1 Å². The van der Waals surface area contributed by atoms with E-state index in [1.165, 1.54) is 11.6 Å². The van der Waals surface area contributed by atoms with Gasteiger partial charge in [0.1, 0.15) is 17.3 Å². The highest BCUT2D eigenvalue weighted by Gasteiger charge is 2.42. The first-order valence-electron chi connectivity index (χ1n) is 10.9. The molecular formula is C26H23N3O5. The highest BCUT2D eigenvalue weighted by Crippen LogP contribution is 2.49. The van der Waals surface area contributed by atoms with E-state index in [2.05, 4.69) is 0 Å². The molecule has 8 nitrogen and oxygen atoms in total. The summed E-state index contributed by atoms with van der Waals surface area (Å²) in [6.45, 7) is 1.73. The summed E-state index contributed by atoms with van der Waals surface area (Å²) in [5, 5.41) is 0. The Morgan fingerprint density at radius 3 is 2.32 bits per heavy atom. The molecule has 0 N–H and O–H groups in total. The molecule has 2 aliphatic rings. The number of nitrogens with zero attached hydrogens (tertiary/aromatic N) is 3. The smallest absolute Gasteiger partial charge is 0.332 e. The Labute approximate surface area is 195 Å². The van der Waals surface area contributed by atoms with Crippen molar-refractivity contribution in [1.29, 1.82) is 0 Å². The van der Waals surface area contributed by atoms with Crippen molar-refractivity contribution in [3.63, 3.8) is 0 Å². The Balaban J connectivity index is 1.91. The van der Waals surface area contributed by atoms with Crippen LogP contribution in [-0.2, 0) is 23.6 Å². The zero-order valence-electron chi connectivity index (χ0n) is 19.3. The van der Waals surface area contributed by atoms with Gasteiger partial charge in [0.2, 0.25) is 0 Å². The van der Waals surface area contributed by atoms with Crippen LogP contribution in [0.4, 0.5) is 5.82 Å². The Kier molecular flexibility index (Phi) is 5.08. The molecule has 1 atom stereocenters. The number of esters is 1. The van der Waals surface area contributed by atoms with Gasteiger partial charge in [-0.25, -0.2) is 9.79 Å². The number of aliphatic imine (C=N–C) groups is 1. The maximum absolute atomic E-state index is 13.5. The van der Waals surface area contributed by atoms with Gasteiger partial charge in [-0.05, 0) is 17.7 Å². The van der Waals surface area contributed by atoms with E-state index in [-0.39, 0.29) is 12.4 Å². The van der Waals surface area contributed by atoms with Gasteiger partial charge in [0.05, 0.1) is 18.4 Å². The second-order valence-electron chi connectivity index (χ2n) is 8.23. The number of hydrogen-bond donors (Lipinski definition) is 0. The van der Waals surface area contributed by atoms with Crippen molar-refractivity contribution < 1.29 is 14.3 Å². The molecule has 0 spiro atoms. The molecule has 5 rings (SSSR count). The lowest BCUT2D eigenvalue weighted by atomic mass is 9.81. The predicted molar refractivity (Wildman–Crippen MR) is 128 cm³/mol. The van der Waals surface area contributed by atoms with Crippen LogP contribution in [0.3, 0.4) is 0 Å². The fraction of sp³-hybridized carbons (Fsp3) is 0.231. The van der Waals surface area contributed by atoms with Crippen LogP contribution in [0.15, 0.2) is 68.7 Å². The molecule has 3 aromatic rings. The number of benzene rings is 2. The van der Waals surface area contributed by atoms with Crippen LogP contribution in [0.5, 0.6) is 5.75 Å². The van der Waals surface area contributed by atoms with E-state index in [4.69, 9.17) is 14.5 Å². The van der Waals surface area contributed by atoms with E-state index < -0.39 is 17.2 Å². The quantitative estimate of drug-likeness (QED) is 0.562. The van der Waals surface area contributed by atoms with Gasteiger partial charge in [-0.3, -0.25) is 18.7 Å². The van der Waals surface area contributed by atoms with Crippen molar-refractivity contribution in [2.24, 2.45) is 19.1 Å². The number of carbonyl (C=O) groups is 1. The molecule has 0 fully saturated rings. The predicted octanol–water partition coefficient (Wildman–Crippen LogP) is 3.04. The SMILES string of the molecule is CCC(=O)OC1=C2C(=Nc3c(c(=O)n(C)c(=O)n3C)[C@@H]2c2ccc(OC)cc2)c2ccccc21. The van der Waals surface area contributed by atoms with E-state index in [1.807, 2.05) is 48.5 Å². The topological polar surface area (TPSA) is 91.9 Å². The standard InChI is InChI=1S/C26H23N3O5/c1-5-18(30)34-23-17-9-7-6-8-16(17)22-20(23)19(14-10-12-15(33-4)13-11-14)21-24(27-22)28(2)26(32)29(3)25(21)31/h6-13,19H,5H2,1-4H3/t19-/m1/s1. The number of hydrogen-bond acceptors (Lipinski definition) is 6. The Hall–Kier alpha value is -4.20. The Morgan fingerprint density at radius 2 is 1.68 bits per heavy atom. The highest BCUT2D eigenvalue weighted by atomic mass is 16.5. The molecule has 2 aromatic carbocycles. The van der Waals surface area contributed by atoms with Gasteiger partial charge in [-0.2, -0.15) is 0 Å². The van der Waals surface area contributed by atoms with Crippen molar-refractivity contribution in [2.75, 3.05) is 7.11 Å². The van der Waals surface area contributed by atoms with Gasteiger partial charge in [0, 0.05) is 43.1 Å². The second kappa shape index (κ2) is 7.98. The van der Waals surface area contributed by atoms with Crippen LogP contribution in [0.1, 0.15) is 41.5 Å². The average Bonchev–Trinajstić information content (AvgIpc) is 3.18. The largest absolute Gasteiger partial charge is 0.497 e. The summed E-state index contributed by atoms with van der Waals surface area (Å²) in [5.74, 6) is 0.370. The third-order valence-corrected chi connectivity index (χ3v) is 6.34. The van der Waals surface area contributed by atoms with Crippen LogP contribution in [0.2, 0.25) is 0 Å². The fourth-order valence-corrected chi connectivity index (χ4v) is 4.60. The maximum Gasteiger partial charge on any atom is 0.332 e. The summed E-state index contributed by atoms with van der Waals surface area (Å²) in [4.78, 5) is 43.4. The lowest BCUT2D eigenvalue weighted by Crippen LogP contribution is -2.41. The highest BCUT2D eigenvalue weighted by molar-refractivity contribution is 6.25. The molecular weight excluding hydrogens is 434 g/mol. The molecule has 0 saturated carbocycles. The zero-order chi connectivity index (χ0) is 24.1. The Bertz CT molecular complexity index is 1520. The van der Waals surface area contributed by atoms with Gasteiger partial charge in [0.25, 0.3) is 5.56 Å². The summed E-state index contributed by atoms with van der Waals surface area (Å²) in [6, 6.07) is 14.9. The van der Waals surface area contributed by atoms with Crippen molar-refractivity contribution in [3.05, 3.63) is 97.2 Å². The van der Waals surface area contributed by atoms with E-state index in [0.29, 0.717) is 34.2 Å². The van der Waals surface area contributed by atoms with Crippen LogP contribution < -0.4 is 16.0 Å². The number of aromatic nitrogens is 2. The van der Waals surface area contributed by atoms with Crippen molar-refractivity contribution in [1.82, 2.24) is 9.13 Å². The van der Waals surface area contributed by atoms with E-state index >= 15 is 0 Å². The number of rotatable bonds is 4. The minimum Gasteiger partial charge on any atom is -0.497 e. The molecule has 2 heterocycles. The molecule has 0 radical (unpaired) electrons. The fourth-order valence-electron chi connectivity index (χ4n) is 4.60. The van der Waals surface area contributed by atoms with Crippen molar-refractivity contribution in [3.8, 4) is 5.75 Å². The summed E-state index contributed by atoms with van der Waals surface area (Å²) in [7, 11) is 4.63. The number of carbonyl (C=O) groups excluding carboxylic acids is 1. The van der Waals surface area contributed by atoms with E-state index in [0.717, 1.165) is 21.3 Å². The lowest BCUT2D eigenvalue weighted by molar-refractivity contribution is -0.136.